The number of urea groups is 1. The molecule has 6 nitrogen and oxygen atoms in total. The number of carbonyl (C=O) groups excluding carboxylic acids is 2. The molecule has 98 valence electrons. The van der Waals surface area contributed by atoms with E-state index < -0.39 is 5.91 Å². The number of nitrogens with two attached hydrogens (primary N) is 1. The van der Waals surface area contributed by atoms with Gasteiger partial charge in [0.2, 0.25) is 0 Å². The number of anilines is 1. The lowest BCUT2D eigenvalue weighted by atomic mass is 10.3. The van der Waals surface area contributed by atoms with Gasteiger partial charge in [-0.2, -0.15) is 0 Å². The number of amides is 3. The Balaban J connectivity index is 2.44. The van der Waals surface area contributed by atoms with E-state index in [0.717, 1.165) is 6.42 Å². The van der Waals surface area contributed by atoms with Crippen LogP contribution in [0.15, 0.2) is 24.3 Å². The van der Waals surface area contributed by atoms with Gasteiger partial charge in [0.05, 0.1) is 0 Å². The van der Waals surface area contributed by atoms with Crippen LogP contribution in [0.1, 0.15) is 13.3 Å². The van der Waals surface area contributed by atoms with Crippen molar-refractivity contribution in [3.8, 4) is 5.75 Å². The first-order valence-electron chi connectivity index (χ1n) is 5.68. The molecule has 0 aliphatic heterocycles. The Morgan fingerprint density at radius 1 is 1.28 bits per heavy atom. The van der Waals surface area contributed by atoms with Crippen LogP contribution < -0.4 is 21.1 Å². The van der Waals surface area contributed by atoms with Gasteiger partial charge in [0, 0.05) is 12.2 Å². The average molecular weight is 251 g/mol. The van der Waals surface area contributed by atoms with E-state index in [-0.39, 0.29) is 12.6 Å². The lowest BCUT2D eigenvalue weighted by Gasteiger charge is -2.08. The molecule has 4 N–H and O–H groups in total. The quantitative estimate of drug-likeness (QED) is 0.706. The second-order valence-corrected chi connectivity index (χ2v) is 3.66. The summed E-state index contributed by atoms with van der Waals surface area (Å²) in [4.78, 5) is 21.9. The molecule has 1 aromatic rings. The lowest BCUT2D eigenvalue weighted by molar-refractivity contribution is -0.119. The maximum atomic E-state index is 11.4. The van der Waals surface area contributed by atoms with Crippen molar-refractivity contribution in [2.45, 2.75) is 13.3 Å². The molecule has 1 aromatic carbocycles. The summed E-state index contributed by atoms with van der Waals surface area (Å²) < 4.78 is 5.09. The normalized spacial score (nSPS) is 9.61. The van der Waals surface area contributed by atoms with E-state index in [9.17, 15) is 9.59 Å². The Bertz CT molecular complexity index is 404. The molecule has 3 amide bonds. The van der Waals surface area contributed by atoms with E-state index in [2.05, 4.69) is 10.6 Å². The summed E-state index contributed by atoms with van der Waals surface area (Å²) in [5, 5.41) is 5.36. The summed E-state index contributed by atoms with van der Waals surface area (Å²) >= 11 is 0. The van der Waals surface area contributed by atoms with Gasteiger partial charge in [-0.25, -0.2) is 4.79 Å². The molecule has 18 heavy (non-hydrogen) atoms. The van der Waals surface area contributed by atoms with Crippen molar-refractivity contribution in [1.82, 2.24) is 5.32 Å². The molecule has 6 heteroatoms. The fraction of sp³-hybridized carbons (Fsp3) is 0.333. The molecule has 0 unspecified atom stereocenters. The fourth-order valence-corrected chi connectivity index (χ4v) is 1.20. The molecule has 0 bridgehead atoms. The van der Waals surface area contributed by atoms with E-state index in [1.807, 2.05) is 6.92 Å². The van der Waals surface area contributed by atoms with Crippen LogP contribution in [0.3, 0.4) is 0 Å². The first-order chi connectivity index (χ1) is 8.61. The molecule has 0 saturated carbocycles. The highest BCUT2D eigenvalue weighted by Crippen LogP contribution is 2.15. The van der Waals surface area contributed by atoms with Crippen LogP contribution >= 0.6 is 0 Å². The molecule has 1 rings (SSSR count). The van der Waals surface area contributed by atoms with E-state index in [0.29, 0.717) is 18.0 Å². The number of hydrogen-bond acceptors (Lipinski definition) is 3. The summed E-state index contributed by atoms with van der Waals surface area (Å²) in [5.74, 6) is -0.00976. The van der Waals surface area contributed by atoms with Crippen LogP contribution in [0.2, 0.25) is 0 Å². The molecule has 0 aliphatic carbocycles. The summed E-state index contributed by atoms with van der Waals surface area (Å²) in [6.07, 6.45) is 0.882. The zero-order valence-electron chi connectivity index (χ0n) is 10.2. The largest absolute Gasteiger partial charge is 0.484 e. The Hall–Kier alpha value is -2.24. The molecular weight excluding hydrogens is 234 g/mol. The monoisotopic (exact) mass is 251 g/mol. The first kappa shape index (κ1) is 13.8. The maximum Gasteiger partial charge on any atom is 0.319 e. The third-order valence-electron chi connectivity index (χ3n) is 2.03. The van der Waals surface area contributed by atoms with Gasteiger partial charge in [-0.1, -0.05) is 6.92 Å². The Kier molecular flexibility index (Phi) is 5.50. The molecular formula is C12H17N3O3. The average Bonchev–Trinajstić information content (AvgIpc) is 2.35. The molecule has 0 aliphatic rings. The zero-order chi connectivity index (χ0) is 13.4. The van der Waals surface area contributed by atoms with Gasteiger partial charge in [0.25, 0.3) is 5.91 Å². The summed E-state index contributed by atoms with van der Waals surface area (Å²) in [7, 11) is 0. The van der Waals surface area contributed by atoms with Crippen molar-refractivity contribution < 1.29 is 14.3 Å². The van der Waals surface area contributed by atoms with Crippen LogP contribution in [-0.4, -0.2) is 25.1 Å². The van der Waals surface area contributed by atoms with Crippen LogP contribution in [0, 0.1) is 0 Å². The van der Waals surface area contributed by atoms with Gasteiger partial charge < -0.3 is 21.1 Å². The number of nitrogens with one attached hydrogen (secondary N) is 2. The van der Waals surface area contributed by atoms with Gasteiger partial charge in [-0.15, -0.1) is 0 Å². The minimum absolute atomic E-state index is 0.163. The molecule has 0 radical (unpaired) electrons. The molecule has 0 saturated heterocycles. The van der Waals surface area contributed by atoms with Crippen molar-refractivity contribution in [3.05, 3.63) is 24.3 Å². The lowest BCUT2D eigenvalue weighted by Crippen LogP contribution is -2.29. The third kappa shape index (κ3) is 5.20. The minimum atomic E-state index is -0.531. The van der Waals surface area contributed by atoms with E-state index in [1.54, 1.807) is 24.3 Å². The van der Waals surface area contributed by atoms with Crippen molar-refractivity contribution in [2.75, 3.05) is 18.5 Å². The smallest absolute Gasteiger partial charge is 0.319 e. The second-order valence-electron chi connectivity index (χ2n) is 3.66. The standard InChI is InChI=1S/C12H17N3O3/c1-2-7-14-12(17)15-9-3-5-10(6-4-9)18-8-11(13)16/h3-6H,2,7-8H2,1H3,(H2,13,16)(H2,14,15,17). The van der Waals surface area contributed by atoms with Gasteiger partial charge in [-0.3, -0.25) is 4.79 Å². The van der Waals surface area contributed by atoms with Crippen LogP contribution in [0.4, 0.5) is 10.5 Å². The highest BCUT2D eigenvalue weighted by Gasteiger charge is 2.01. The predicted molar refractivity (Wildman–Crippen MR) is 68.4 cm³/mol. The molecule has 0 spiro atoms. The maximum absolute atomic E-state index is 11.4. The number of carbonyl (C=O) groups is 2. The summed E-state index contributed by atoms with van der Waals surface area (Å²) in [6.45, 7) is 2.44. The molecule has 0 aromatic heterocycles. The van der Waals surface area contributed by atoms with Crippen LogP contribution in [0.5, 0.6) is 5.75 Å². The number of primary amides is 1. The minimum Gasteiger partial charge on any atom is -0.484 e. The molecule has 0 atom stereocenters. The van der Waals surface area contributed by atoms with E-state index >= 15 is 0 Å². The number of ether oxygens (including phenoxy) is 1. The van der Waals surface area contributed by atoms with E-state index in [1.165, 1.54) is 0 Å². The zero-order valence-corrected chi connectivity index (χ0v) is 10.2. The van der Waals surface area contributed by atoms with Gasteiger partial charge in [0.1, 0.15) is 5.75 Å². The molecule has 0 heterocycles. The van der Waals surface area contributed by atoms with Crippen LogP contribution in [-0.2, 0) is 4.79 Å². The fourth-order valence-electron chi connectivity index (χ4n) is 1.20. The first-order valence-corrected chi connectivity index (χ1v) is 5.68. The van der Waals surface area contributed by atoms with E-state index in [4.69, 9.17) is 10.5 Å². The predicted octanol–water partition coefficient (Wildman–Crippen LogP) is 1.08. The van der Waals surface area contributed by atoms with Crippen molar-refractivity contribution in [1.29, 1.82) is 0 Å². The SMILES string of the molecule is CCCNC(=O)Nc1ccc(OCC(N)=O)cc1. The topological polar surface area (TPSA) is 93.4 Å². The summed E-state index contributed by atoms with van der Waals surface area (Å²) in [6, 6.07) is 6.42. The Morgan fingerprint density at radius 2 is 1.94 bits per heavy atom. The van der Waals surface area contributed by atoms with Gasteiger partial charge in [-0.05, 0) is 30.7 Å². The second kappa shape index (κ2) is 7.16. The highest BCUT2D eigenvalue weighted by molar-refractivity contribution is 5.89. The Morgan fingerprint density at radius 3 is 2.50 bits per heavy atom. The van der Waals surface area contributed by atoms with Crippen molar-refractivity contribution >= 4 is 17.6 Å². The van der Waals surface area contributed by atoms with Crippen LogP contribution in [0.25, 0.3) is 0 Å². The number of benzene rings is 1. The molecule has 0 fully saturated rings. The number of hydrogen-bond donors (Lipinski definition) is 3. The van der Waals surface area contributed by atoms with Gasteiger partial charge in [0.15, 0.2) is 6.61 Å². The number of rotatable bonds is 6. The Labute approximate surface area is 105 Å². The van der Waals surface area contributed by atoms with Crippen molar-refractivity contribution in [3.63, 3.8) is 0 Å². The highest BCUT2D eigenvalue weighted by atomic mass is 16.5. The summed E-state index contributed by atoms with van der Waals surface area (Å²) in [5.41, 5.74) is 5.60. The van der Waals surface area contributed by atoms with Gasteiger partial charge >= 0.3 is 6.03 Å². The third-order valence-corrected chi connectivity index (χ3v) is 2.03. The van der Waals surface area contributed by atoms with Crippen molar-refractivity contribution in [2.24, 2.45) is 5.73 Å².